The van der Waals surface area contributed by atoms with E-state index in [1.165, 1.54) is 0 Å². The van der Waals surface area contributed by atoms with Crippen LogP contribution in [0.3, 0.4) is 0 Å². The number of ether oxygens (including phenoxy) is 3. The van der Waals surface area contributed by atoms with E-state index in [-0.39, 0.29) is 37.8 Å². The van der Waals surface area contributed by atoms with Crippen LogP contribution >= 0.6 is 11.6 Å². The number of hydrogen-bond acceptors (Lipinski definition) is 7. The Hall–Kier alpha value is -2.62. The second-order valence-corrected chi connectivity index (χ2v) is 9.60. The number of amides is 2. The summed E-state index contributed by atoms with van der Waals surface area (Å²) >= 11 is 6.15. The lowest BCUT2D eigenvalue weighted by Gasteiger charge is -2.43. The Kier molecular flexibility index (Phi) is 7.98. The third kappa shape index (κ3) is 6.15. The van der Waals surface area contributed by atoms with Crippen molar-refractivity contribution in [2.75, 3.05) is 52.6 Å². The van der Waals surface area contributed by atoms with E-state index < -0.39 is 5.60 Å². The largest absolute Gasteiger partial charge is 0.490 e. The number of aromatic nitrogens is 1. The number of carbonyl (C=O) groups is 2. The van der Waals surface area contributed by atoms with Gasteiger partial charge in [-0.15, -0.1) is 0 Å². The van der Waals surface area contributed by atoms with Crippen molar-refractivity contribution >= 4 is 23.4 Å². The Labute approximate surface area is 210 Å². The first-order valence-electron chi connectivity index (χ1n) is 11.8. The molecular formula is C25H32ClN3O6. The molecule has 2 aliphatic heterocycles. The van der Waals surface area contributed by atoms with Crippen LogP contribution in [0.5, 0.6) is 5.75 Å². The quantitative estimate of drug-likeness (QED) is 0.571. The smallest absolute Gasteiger partial charge is 0.227 e. The molecule has 9 nitrogen and oxygen atoms in total. The molecule has 1 aromatic carbocycles. The monoisotopic (exact) mass is 505 g/mol. The number of carbonyl (C=O) groups excluding carboxylic acids is 2. The molecule has 2 aromatic rings. The van der Waals surface area contributed by atoms with Crippen LogP contribution < -0.4 is 4.74 Å². The fourth-order valence-electron chi connectivity index (χ4n) is 4.44. The molecule has 3 heterocycles. The highest BCUT2D eigenvalue weighted by molar-refractivity contribution is 6.31. The van der Waals surface area contributed by atoms with Gasteiger partial charge in [-0.1, -0.05) is 16.8 Å². The fourth-order valence-corrected chi connectivity index (χ4v) is 4.56. The van der Waals surface area contributed by atoms with Crippen molar-refractivity contribution in [3.63, 3.8) is 0 Å². The molecule has 0 aliphatic carbocycles. The fraction of sp³-hybridized carbons (Fsp3) is 0.560. The lowest BCUT2D eigenvalue weighted by atomic mass is 9.96. The molecular weight excluding hydrogens is 474 g/mol. The van der Waals surface area contributed by atoms with Crippen molar-refractivity contribution in [1.29, 1.82) is 0 Å². The third-order valence-electron chi connectivity index (χ3n) is 6.58. The van der Waals surface area contributed by atoms with Crippen molar-refractivity contribution in [2.45, 2.75) is 39.2 Å². The van der Waals surface area contributed by atoms with Crippen LogP contribution in [0.15, 0.2) is 22.7 Å². The molecule has 2 aliphatic rings. The van der Waals surface area contributed by atoms with Crippen LogP contribution in [-0.2, 0) is 25.5 Å². The summed E-state index contributed by atoms with van der Waals surface area (Å²) in [5.74, 6) is 1.17. The first kappa shape index (κ1) is 25.5. The normalized spacial score (nSPS) is 20.7. The van der Waals surface area contributed by atoms with Crippen LogP contribution in [0.4, 0.5) is 0 Å². The maximum Gasteiger partial charge on any atom is 0.227 e. The highest BCUT2D eigenvalue weighted by atomic mass is 35.5. The van der Waals surface area contributed by atoms with Crippen molar-refractivity contribution < 1.29 is 28.3 Å². The van der Waals surface area contributed by atoms with Gasteiger partial charge in [-0.3, -0.25) is 9.59 Å². The van der Waals surface area contributed by atoms with E-state index in [9.17, 15) is 9.59 Å². The summed E-state index contributed by atoms with van der Waals surface area (Å²) in [6.45, 7) is 8.77. The summed E-state index contributed by atoms with van der Waals surface area (Å²) < 4.78 is 22.9. The molecule has 0 saturated carbocycles. The summed E-state index contributed by atoms with van der Waals surface area (Å²) in [6.07, 6.45) is 0.292. The number of morpholine rings is 2. The summed E-state index contributed by atoms with van der Waals surface area (Å²) in [5.41, 5.74) is 1.42. The molecule has 1 aromatic heterocycles. The Bertz CT molecular complexity index is 1050. The number of halogens is 1. The minimum atomic E-state index is -0.977. The highest BCUT2D eigenvalue weighted by Crippen LogP contribution is 2.28. The summed E-state index contributed by atoms with van der Waals surface area (Å²) in [6, 6.07) is 5.41. The Morgan fingerprint density at radius 1 is 1.09 bits per heavy atom. The van der Waals surface area contributed by atoms with Gasteiger partial charge < -0.3 is 28.5 Å². The minimum Gasteiger partial charge on any atom is -0.490 e. The van der Waals surface area contributed by atoms with Gasteiger partial charge in [-0.2, -0.15) is 0 Å². The molecule has 0 unspecified atom stereocenters. The minimum absolute atomic E-state index is 0.0378. The Morgan fingerprint density at radius 2 is 1.83 bits per heavy atom. The van der Waals surface area contributed by atoms with E-state index in [2.05, 4.69) is 5.16 Å². The van der Waals surface area contributed by atoms with Gasteiger partial charge in [0, 0.05) is 30.2 Å². The van der Waals surface area contributed by atoms with Gasteiger partial charge in [-0.25, -0.2) is 0 Å². The third-order valence-corrected chi connectivity index (χ3v) is 7.00. The van der Waals surface area contributed by atoms with E-state index in [4.69, 9.17) is 30.3 Å². The molecule has 0 radical (unpaired) electrons. The van der Waals surface area contributed by atoms with Crippen LogP contribution in [0.25, 0.3) is 0 Å². The lowest BCUT2D eigenvalue weighted by Crippen LogP contribution is -2.59. The molecule has 0 bridgehead atoms. The number of nitrogens with zero attached hydrogens (tertiary/aromatic N) is 3. The average molecular weight is 506 g/mol. The van der Waals surface area contributed by atoms with Crippen molar-refractivity contribution in [3.05, 3.63) is 45.8 Å². The van der Waals surface area contributed by atoms with E-state index in [0.29, 0.717) is 61.7 Å². The predicted molar refractivity (Wildman–Crippen MR) is 129 cm³/mol. The molecule has 35 heavy (non-hydrogen) atoms. The maximum absolute atomic E-state index is 13.2. The van der Waals surface area contributed by atoms with Crippen molar-refractivity contribution in [3.8, 4) is 5.75 Å². The Balaban J connectivity index is 1.51. The number of aryl methyl sites for hydroxylation is 3. The van der Waals surface area contributed by atoms with Gasteiger partial charge in [0.05, 0.1) is 44.9 Å². The van der Waals surface area contributed by atoms with Gasteiger partial charge in [0.15, 0.2) is 0 Å². The molecule has 2 fully saturated rings. The molecule has 1 atom stereocenters. The van der Waals surface area contributed by atoms with Crippen LogP contribution in [0, 0.1) is 20.8 Å². The van der Waals surface area contributed by atoms with Crippen LogP contribution in [0.1, 0.15) is 29.0 Å². The van der Waals surface area contributed by atoms with Crippen molar-refractivity contribution in [1.82, 2.24) is 15.0 Å². The van der Waals surface area contributed by atoms with Gasteiger partial charge in [0.2, 0.25) is 11.8 Å². The van der Waals surface area contributed by atoms with E-state index in [1.807, 2.05) is 19.9 Å². The number of rotatable bonds is 7. The number of hydrogen-bond donors (Lipinski definition) is 0. The average Bonchev–Trinajstić information content (AvgIpc) is 3.17. The van der Waals surface area contributed by atoms with E-state index in [0.717, 1.165) is 11.1 Å². The zero-order valence-electron chi connectivity index (χ0n) is 20.5. The number of benzene rings is 1. The van der Waals surface area contributed by atoms with Crippen LogP contribution in [-0.4, -0.2) is 85.0 Å². The first-order valence-corrected chi connectivity index (χ1v) is 12.2. The summed E-state index contributed by atoms with van der Waals surface area (Å²) in [7, 11) is 0. The zero-order valence-corrected chi connectivity index (χ0v) is 21.2. The van der Waals surface area contributed by atoms with Gasteiger partial charge in [0.25, 0.3) is 0 Å². The predicted octanol–water partition coefficient (Wildman–Crippen LogP) is 2.72. The maximum atomic E-state index is 13.2. The molecule has 2 amide bonds. The second-order valence-electron chi connectivity index (χ2n) is 9.20. The van der Waals surface area contributed by atoms with Crippen molar-refractivity contribution in [2.24, 2.45) is 0 Å². The molecule has 0 N–H and O–H groups in total. The van der Waals surface area contributed by atoms with Gasteiger partial charge in [0.1, 0.15) is 23.7 Å². The van der Waals surface area contributed by atoms with E-state index >= 15 is 0 Å². The molecule has 4 rings (SSSR count). The molecule has 10 heteroatoms. The summed E-state index contributed by atoms with van der Waals surface area (Å²) in [4.78, 5) is 30.0. The second kappa shape index (κ2) is 11.0. The van der Waals surface area contributed by atoms with Crippen LogP contribution in [0.2, 0.25) is 5.02 Å². The van der Waals surface area contributed by atoms with E-state index in [1.54, 1.807) is 28.9 Å². The molecule has 2 saturated heterocycles. The molecule has 190 valence electrons. The van der Waals surface area contributed by atoms with Gasteiger partial charge >= 0.3 is 0 Å². The first-order chi connectivity index (χ1) is 16.8. The lowest BCUT2D eigenvalue weighted by molar-refractivity contribution is -0.167. The van der Waals surface area contributed by atoms with Gasteiger partial charge in [-0.05, 0) is 44.5 Å². The standard InChI is InChI=1S/C25H32ClN3O6/c1-17-12-20(4-5-22(17)26)33-16-25(14-24(31)28-6-9-32-10-7-28)15-29(8-11-34-25)23(30)13-21-18(2)27-35-19(21)3/h4-5,12H,6-11,13-16H2,1-3H3/t25-/m0/s1. The Morgan fingerprint density at radius 3 is 2.51 bits per heavy atom. The highest BCUT2D eigenvalue weighted by Gasteiger charge is 2.42. The SMILES string of the molecule is Cc1cc(OC[C@]2(CC(=O)N3CCOCC3)CN(C(=O)Cc3c(C)noc3C)CCO2)ccc1Cl. The molecule has 0 spiro atoms. The zero-order chi connectivity index (χ0) is 25.0. The summed E-state index contributed by atoms with van der Waals surface area (Å²) in [5, 5.41) is 4.60. The topological polar surface area (TPSA) is 94.3 Å².